The van der Waals surface area contributed by atoms with Gasteiger partial charge in [0.25, 0.3) is 0 Å². The smallest absolute Gasteiger partial charge is 0.321 e. The normalized spacial score (nSPS) is 18.1. The summed E-state index contributed by atoms with van der Waals surface area (Å²) >= 11 is 0. The third-order valence-corrected chi connectivity index (χ3v) is 3.23. The number of nitrogens with one attached hydrogen (secondary N) is 1. The molecule has 21 heavy (non-hydrogen) atoms. The van der Waals surface area contributed by atoms with Crippen LogP contribution in [0.2, 0.25) is 0 Å². The summed E-state index contributed by atoms with van der Waals surface area (Å²) in [6.07, 6.45) is -0.0990. The molecule has 1 saturated heterocycles. The molecule has 1 heterocycles. The summed E-state index contributed by atoms with van der Waals surface area (Å²) in [5.41, 5.74) is 1.17. The van der Waals surface area contributed by atoms with Gasteiger partial charge in [-0.3, -0.25) is 4.79 Å². The van der Waals surface area contributed by atoms with Crippen molar-refractivity contribution in [3.05, 3.63) is 29.8 Å². The Morgan fingerprint density at radius 2 is 2.19 bits per heavy atom. The minimum absolute atomic E-state index is 0.0350. The van der Waals surface area contributed by atoms with Gasteiger partial charge in [0.05, 0.1) is 32.5 Å². The summed E-state index contributed by atoms with van der Waals surface area (Å²) in [5, 5.41) is 2.76. The third kappa shape index (κ3) is 4.54. The molecular formula is C15H20N2O4. The molecule has 1 aliphatic rings. The molecule has 1 fully saturated rings. The Labute approximate surface area is 124 Å². The van der Waals surface area contributed by atoms with Gasteiger partial charge in [0.2, 0.25) is 0 Å². The molecule has 0 saturated carbocycles. The molecule has 1 atom stereocenters. The second-order valence-electron chi connectivity index (χ2n) is 5.02. The van der Waals surface area contributed by atoms with Gasteiger partial charge in [0, 0.05) is 18.3 Å². The van der Waals surface area contributed by atoms with E-state index in [0.29, 0.717) is 37.6 Å². The Hall–Kier alpha value is -1.92. The van der Waals surface area contributed by atoms with Crippen molar-refractivity contribution in [2.75, 3.05) is 38.7 Å². The van der Waals surface area contributed by atoms with Crippen molar-refractivity contribution >= 4 is 17.5 Å². The first kappa shape index (κ1) is 15.5. The molecule has 0 spiro atoms. The number of hydrogen-bond donors (Lipinski definition) is 1. The quantitative estimate of drug-likeness (QED) is 0.859. The number of urea groups is 1. The lowest BCUT2D eigenvalue weighted by Gasteiger charge is -2.27. The van der Waals surface area contributed by atoms with Gasteiger partial charge in [0.15, 0.2) is 5.78 Å². The predicted molar refractivity (Wildman–Crippen MR) is 78.7 cm³/mol. The van der Waals surface area contributed by atoms with Crippen molar-refractivity contribution < 1.29 is 19.1 Å². The summed E-state index contributed by atoms with van der Waals surface area (Å²) in [6, 6.07) is 6.62. The maximum Gasteiger partial charge on any atom is 0.321 e. The van der Waals surface area contributed by atoms with Crippen LogP contribution in [0.5, 0.6) is 0 Å². The summed E-state index contributed by atoms with van der Waals surface area (Å²) in [6.45, 7) is 3.61. The molecule has 2 rings (SSSR count). The number of hydrogen-bond acceptors (Lipinski definition) is 4. The van der Waals surface area contributed by atoms with Crippen LogP contribution in [0.3, 0.4) is 0 Å². The van der Waals surface area contributed by atoms with Gasteiger partial charge in [-0.1, -0.05) is 12.1 Å². The van der Waals surface area contributed by atoms with E-state index in [-0.39, 0.29) is 17.9 Å². The molecule has 1 aromatic rings. The number of rotatable bonds is 4. The van der Waals surface area contributed by atoms with Crippen LogP contribution < -0.4 is 5.32 Å². The molecule has 1 N–H and O–H groups in total. The largest absolute Gasteiger partial charge is 0.376 e. The molecule has 0 radical (unpaired) electrons. The Balaban J connectivity index is 1.90. The summed E-state index contributed by atoms with van der Waals surface area (Å²) < 4.78 is 10.8. The van der Waals surface area contributed by atoms with Gasteiger partial charge in [-0.15, -0.1) is 0 Å². The van der Waals surface area contributed by atoms with Crippen LogP contribution in [0, 0.1) is 0 Å². The molecule has 0 bridgehead atoms. The zero-order valence-corrected chi connectivity index (χ0v) is 12.3. The number of anilines is 1. The van der Waals surface area contributed by atoms with Crippen molar-refractivity contribution in [1.29, 1.82) is 0 Å². The van der Waals surface area contributed by atoms with E-state index >= 15 is 0 Å². The van der Waals surface area contributed by atoms with Gasteiger partial charge in [-0.25, -0.2) is 4.79 Å². The lowest BCUT2D eigenvalue weighted by molar-refractivity contribution is -0.0925. The third-order valence-electron chi connectivity index (χ3n) is 3.23. The van der Waals surface area contributed by atoms with E-state index in [1.54, 1.807) is 36.2 Å². The Bertz CT molecular complexity index is 512. The molecule has 0 aliphatic carbocycles. The molecule has 114 valence electrons. The van der Waals surface area contributed by atoms with Gasteiger partial charge in [-0.2, -0.15) is 0 Å². The number of Topliss-reactive ketones (excluding diaryl/α,β-unsaturated/α-hetero) is 1. The number of benzene rings is 1. The first-order valence-corrected chi connectivity index (χ1v) is 6.88. The molecule has 6 heteroatoms. The number of amides is 2. The maximum absolute atomic E-state index is 12.1. The van der Waals surface area contributed by atoms with Gasteiger partial charge >= 0.3 is 6.03 Å². The monoisotopic (exact) mass is 292 g/mol. The second-order valence-corrected chi connectivity index (χ2v) is 5.02. The van der Waals surface area contributed by atoms with Gasteiger partial charge in [0.1, 0.15) is 0 Å². The zero-order chi connectivity index (χ0) is 15.2. The first-order valence-electron chi connectivity index (χ1n) is 6.88. The van der Waals surface area contributed by atoms with Gasteiger partial charge < -0.3 is 19.7 Å². The van der Waals surface area contributed by atoms with E-state index in [1.807, 2.05) is 0 Å². The van der Waals surface area contributed by atoms with Crippen LogP contribution in [-0.4, -0.2) is 56.2 Å². The zero-order valence-electron chi connectivity index (χ0n) is 12.3. The van der Waals surface area contributed by atoms with Crippen LogP contribution in [0.25, 0.3) is 0 Å². The lowest BCUT2D eigenvalue weighted by atomic mass is 10.1. The number of likely N-dealkylation sites (N-methyl/N-ethyl adjacent to an activating group) is 1. The maximum atomic E-state index is 12.1. The van der Waals surface area contributed by atoms with Crippen molar-refractivity contribution in [3.8, 4) is 0 Å². The van der Waals surface area contributed by atoms with E-state index in [4.69, 9.17) is 9.47 Å². The number of ether oxygens (including phenoxy) is 2. The van der Waals surface area contributed by atoms with E-state index in [0.717, 1.165) is 0 Å². The van der Waals surface area contributed by atoms with Crippen LogP contribution in [0.15, 0.2) is 24.3 Å². The van der Waals surface area contributed by atoms with E-state index in [9.17, 15) is 9.59 Å². The first-order chi connectivity index (χ1) is 10.1. The highest BCUT2D eigenvalue weighted by Crippen LogP contribution is 2.12. The van der Waals surface area contributed by atoms with Crippen LogP contribution >= 0.6 is 0 Å². The molecule has 0 aromatic heterocycles. The molecule has 6 nitrogen and oxygen atoms in total. The van der Waals surface area contributed by atoms with Crippen molar-refractivity contribution in [1.82, 2.24) is 4.90 Å². The summed E-state index contributed by atoms with van der Waals surface area (Å²) in [5.74, 6) is -0.0350. The van der Waals surface area contributed by atoms with Crippen molar-refractivity contribution in [2.45, 2.75) is 13.0 Å². The Kier molecular flexibility index (Phi) is 5.30. The topological polar surface area (TPSA) is 67.9 Å². The molecule has 2 amide bonds. The average Bonchev–Trinajstić information content (AvgIpc) is 2.48. The highest BCUT2D eigenvalue weighted by Gasteiger charge is 2.19. The van der Waals surface area contributed by atoms with Crippen LogP contribution in [-0.2, 0) is 9.47 Å². The van der Waals surface area contributed by atoms with Crippen LogP contribution in [0.1, 0.15) is 17.3 Å². The SMILES string of the molecule is CC(=O)c1cccc(NC(=O)N(C)C[C@@H]2COCCO2)c1. The molecular weight excluding hydrogens is 272 g/mol. The average molecular weight is 292 g/mol. The Morgan fingerprint density at radius 1 is 1.38 bits per heavy atom. The standard InChI is InChI=1S/C15H20N2O4/c1-11(18)12-4-3-5-13(8-12)16-15(19)17(2)9-14-10-20-6-7-21-14/h3-5,8,14H,6-7,9-10H2,1-2H3,(H,16,19)/t14-/m1/s1. The molecule has 1 aromatic carbocycles. The van der Waals surface area contributed by atoms with E-state index < -0.39 is 0 Å². The molecule has 1 aliphatic heterocycles. The van der Waals surface area contributed by atoms with E-state index in [1.165, 1.54) is 6.92 Å². The summed E-state index contributed by atoms with van der Waals surface area (Å²) in [7, 11) is 1.70. The lowest BCUT2D eigenvalue weighted by Crippen LogP contribution is -2.42. The number of carbonyl (C=O) groups excluding carboxylic acids is 2. The van der Waals surface area contributed by atoms with Crippen molar-refractivity contribution in [2.24, 2.45) is 0 Å². The molecule has 0 unspecified atom stereocenters. The highest BCUT2D eigenvalue weighted by atomic mass is 16.6. The Morgan fingerprint density at radius 3 is 2.86 bits per heavy atom. The van der Waals surface area contributed by atoms with Crippen molar-refractivity contribution in [3.63, 3.8) is 0 Å². The predicted octanol–water partition coefficient (Wildman–Crippen LogP) is 1.77. The fourth-order valence-electron chi connectivity index (χ4n) is 2.07. The number of nitrogens with zero attached hydrogens (tertiary/aromatic N) is 1. The fourth-order valence-corrected chi connectivity index (χ4v) is 2.07. The highest BCUT2D eigenvalue weighted by molar-refractivity contribution is 5.96. The van der Waals surface area contributed by atoms with Crippen LogP contribution in [0.4, 0.5) is 10.5 Å². The number of carbonyl (C=O) groups is 2. The van der Waals surface area contributed by atoms with E-state index in [2.05, 4.69) is 5.32 Å². The minimum Gasteiger partial charge on any atom is -0.376 e. The summed E-state index contributed by atoms with van der Waals surface area (Å²) in [4.78, 5) is 25.0. The second kappa shape index (κ2) is 7.19. The number of ketones is 1. The van der Waals surface area contributed by atoms with Gasteiger partial charge in [-0.05, 0) is 19.1 Å². The minimum atomic E-state index is -0.245. The fraction of sp³-hybridized carbons (Fsp3) is 0.467.